The first-order chi connectivity index (χ1) is 9.14. The second-order valence-electron chi connectivity index (χ2n) is 6.58. The van der Waals surface area contributed by atoms with E-state index in [2.05, 4.69) is 56.4 Å². The van der Waals surface area contributed by atoms with Gasteiger partial charge in [0.15, 0.2) is 0 Å². The molecule has 1 aliphatic carbocycles. The van der Waals surface area contributed by atoms with E-state index in [1.807, 2.05) is 0 Å². The minimum absolute atomic E-state index is 0.267. The Morgan fingerprint density at radius 3 is 2.74 bits per heavy atom. The summed E-state index contributed by atoms with van der Waals surface area (Å²) in [4.78, 5) is 0. The smallest absolute Gasteiger partial charge is 0.0685 e. The van der Waals surface area contributed by atoms with Gasteiger partial charge in [0.2, 0.25) is 0 Å². The third-order valence-electron chi connectivity index (χ3n) is 5.09. The van der Waals surface area contributed by atoms with Crippen molar-refractivity contribution in [1.29, 1.82) is 0 Å². The molecular weight excluding hydrogens is 234 g/mol. The van der Waals surface area contributed by atoms with Gasteiger partial charge < -0.3 is 10.1 Å². The van der Waals surface area contributed by atoms with Crippen LogP contribution in [0.2, 0.25) is 0 Å². The molecule has 104 valence electrons. The lowest BCUT2D eigenvalue weighted by Crippen LogP contribution is -2.66. The minimum Gasteiger partial charge on any atom is -0.377 e. The third-order valence-corrected chi connectivity index (χ3v) is 5.09. The highest BCUT2D eigenvalue weighted by Gasteiger charge is 2.59. The maximum absolute atomic E-state index is 5.88. The number of fused-ring (bicyclic) bond motifs is 1. The van der Waals surface area contributed by atoms with Crippen LogP contribution < -0.4 is 5.32 Å². The maximum Gasteiger partial charge on any atom is 0.0685 e. The summed E-state index contributed by atoms with van der Waals surface area (Å²) in [5.41, 5.74) is 1.67. The molecule has 3 rings (SSSR count). The maximum atomic E-state index is 5.88. The Balaban J connectivity index is 1.73. The van der Waals surface area contributed by atoms with E-state index in [4.69, 9.17) is 4.74 Å². The van der Waals surface area contributed by atoms with E-state index < -0.39 is 0 Å². The van der Waals surface area contributed by atoms with Crippen LogP contribution >= 0.6 is 0 Å². The lowest BCUT2D eigenvalue weighted by Gasteiger charge is -2.56. The first-order valence-electron chi connectivity index (χ1n) is 7.57. The number of benzene rings is 1. The number of ether oxygens (including phenoxy) is 1. The van der Waals surface area contributed by atoms with Crippen molar-refractivity contribution in [2.75, 3.05) is 6.61 Å². The minimum atomic E-state index is 0.267. The largest absolute Gasteiger partial charge is 0.377 e. The van der Waals surface area contributed by atoms with E-state index in [1.165, 1.54) is 12.0 Å². The van der Waals surface area contributed by atoms with E-state index in [-0.39, 0.29) is 5.41 Å². The zero-order valence-electron chi connectivity index (χ0n) is 12.2. The van der Waals surface area contributed by atoms with Crippen molar-refractivity contribution >= 4 is 0 Å². The molecule has 2 fully saturated rings. The van der Waals surface area contributed by atoms with Crippen molar-refractivity contribution in [2.24, 2.45) is 11.3 Å². The molecule has 0 aromatic heterocycles. The summed E-state index contributed by atoms with van der Waals surface area (Å²) in [5, 5.41) is 3.90. The average molecular weight is 259 g/mol. The van der Waals surface area contributed by atoms with Gasteiger partial charge in [-0.05, 0) is 18.4 Å². The van der Waals surface area contributed by atoms with Crippen molar-refractivity contribution in [1.82, 2.24) is 5.32 Å². The Bertz CT molecular complexity index is 428. The van der Waals surface area contributed by atoms with E-state index >= 15 is 0 Å². The molecule has 1 saturated carbocycles. The third kappa shape index (κ3) is 2.11. The molecule has 1 aliphatic heterocycles. The number of rotatable bonds is 4. The van der Waals surface area contributed by atoms with E-state index in [9.17, 15) is 0 Å². The lowest BCUT2D eigenvalue weighted by molar-refractivity contribution is -0.115. The van der Waals surface area contributed by atoms with Gasteiger partial charge in [-0.15, -0.1) is 0 Å². The monoisotopic (exact) mass is 259 g/mol. The Hall–Kier alpha value is -0.860. The zero-order chi connectivity index (χ0) is 13.5. The molecule has 0 spiro atoms. The summed E-state index contributed by atoms with van der Waals surface area (Å²) < 4.78 is 5.88. The molecule has 1 N–H and O–H groups in total. The standard InChI is InChI=1S/C17H25NO/c1-4-14(12-8-6-5-7-9-12)18-15-13-10-11-19-16(13)17(15,2)3/h5-9,13-16,18H,4,10-11H2,1-3H3. The molecule has 1 heterocycles. The van der Waals surface area contributed by atoms with Gasteiger partial charge in [-0.1, -0.05) is 51.1 Å². The number of hydrogen-bond donors (Lipinski definition) is 1. The molecule has 2 aliphatic rings. The topological polar surface area (TPSA) is 21.3 Å². The fourth-order valence-electron chi connectivity index (χ4n) is 4.01. The highest BCUT2D eigenvalue weighted by molar-refractivity contribution is 5.21. The molecule has 4 atom stereocenters. The highest BCUT2D eigenvalue weighted by atomic mass is 16.5. The summed E-state index contributed by atoms with van der Waals surface area (Å²) in [6.07, 6.45) is 2.82. The quantitative estimate of drug-likeness (QED) is 0.893. The molecule has 4 unspecified atom stereocenters. The van der Waals surface area contributed by atoms with Crippen molar-refractivity contribution < 1.29 is 4.74 Å². The molecule has 1 saturated heterocycles. The van der Waals surface area contributed by atoms with Crippen molar-refractivity contribution in [3.63, 3.8) is 0 Å². The van der Waals surface area contributed by atoms with E-state index in [1.54, 1.807) is 0 Å². The van der Waals surface area contributed by atoms with Crippen LogP contribution in [0.1, 0.15) is 45.2 Å². The molecule has 1 aromatic rings. The highest BCUT2D eigenvalue weighted by Crippen LogP contribution is 2.52. The number of nitrogens with one attached hydrogen (secondary N) is 1. The molecule has 1 aromatic carbocycles. The van der Waals surface area contributed by atoms with Gasteiger partial charge in [0, 0.05) is 30.0 Å². The van der Waals surface area contributed by atoms with Gasteiger partial charge in [-0.25, -0.2) is 0 Å². The molecule has 2 heteroatoms. The van der Waals surface area contributed by atoms with Gasteiger partial charge in [0.05, 0.1) is 6.10 Å². The fourth-order valence-corrected chi connectivity index (χ4v) is 4.01. The summed E-state index contributed by atoms with van der Waals surface area (Å²) in [6, 6.07) is 11.9. The van der Waals surface area contributed by atoms with Gasteiger partial charge in [-0.3, -0.25) is 0 Å². The molecule has 0 amide bonds. The van der Waals surface area contributed by atoms with Crippen molar-refractivity contribution in [3.8, 4) is 0 Å². The lowest BCUT2D eigenvalue weighted by atomic mass is 9.57. The predicted octanol–water partition coefficient (Wildman–Crippen LogP) is 3.54. The predicted molar refractivity (Wildman–Crippen MR) is 78.0 cm³/mol. The SMILES string of the molecule is CCC(NC1C2CCOC2C1(C)C)c1ccccc1. The first-order valence-corrected chi connectivity index (χ1v) is 7.57. The van der Waals surface area contributed by atoms with E-state index in [0.717, 1.165) is 13.0 Å². The zero-order valence-corrected chi connectivity index (χ0v) is 12.2. The summed E-state index contributed by atoms with van der Waals surface area (Å²) >= 11 is 0. The van der Waals surface area contributed by atoms with Crippen LogP contribution in [0, 0.1) is 11.3 Å². The van der Waals surface area contributed by atoms with Crippen molar-refractivity contribution in [2.45, 2.75) is 51.8 Å². The van der Waals surface area contributed by atoms with Crippen LogP contribution in [0.15, 0.2) is 30.3 Å². The van der Waals surface area contributed by atoms with Crippen LogP contribution in [0.5, 0.6) is 0 Å². The van der Waals surface area contributed by atoms with Crippen LogP contribution in [0.4, 0.5) is 0 Å². The van der Waals surface area contributed by atoms with Gasteiger partial charge >= 0.3 is 0 Å². The summed E-state index contributed by atoms with van der Waals surface area (Å²) in [6.45, 7) is 7.89. The number of hydrogen-bond acceptors (Lipinski definition) is 2. The van der Waals surface area contributed by atoms with Crippen LogP contribution in [0.3, 0.4) is 0 Å². The van der Waals surface area contributed by atoms with E-state index in [0.29, 0.717) is 24.1 Å². The van der Waals surface area contributed by atoms with Crippen LogP contribution in [-0.4, -0.2) is 18.8 Å². The molecule has 0 radical (unpaired) electrons. The molecule has 19 heavy (non-hydrogen) atoms. The van der Waals surface area contributed by atoms with Crippen LogP contribution in [-0.2, 0) is 4.74 Å². The van der Waals surface area contributed by atoms with Gasteiger partial charge in [0.1, 0.15) is 0 Å². The summed E-state index contributed by atoms with van der Waals surface area (Å²) in [5.74, 6) is 0.716. The Kier molecular flexibility index (Phi) is 3.40. The van der Waals surface area contributed by atoms with Crippen LogP contribution in [0.25, 0.3) is 0 Å². The Labute approximate surface area is 116 Å². The average Bonchev–Trinajstić information content (AvgIpc) is 2.87. The molecule has 0 bridgehead atoms. The first kappa shape index (κ1) is 13.1. The normalized spacial score (nSPS) is 33.5. The Morgan fingerprint density at radius 2 is 2.05 bits per heavy atom. The second kappa shape index (κ2) is 4.92. The molecular formula is C17H25NO. The molecule has 2 nitrogen and oxygen atoms in total. The summed E-state index contributed by atoms with van der Waals surface area (Å²) in [7, 11) is 0. The van der Waals surface area contributed by atoms with Gasteiger partial charge in [-0.2, -0.15) is 0 Å². The fraction of sp³-hybridized carbons (Fsp3) is 0.647. The second-order valence-corrected chi connectivity index (χ2v) is 6.58. The van der Waals surface area contributed by atoms with Gasteiger partial charge in [0.25, 0.3) is 0 Å². The van der Waals surface area contributed by atoms with Crippen molar-refractivity contribution in [3.05, 3.63) is 35.9 Å². The Morgan fingerprint density at radius 1 is 1.32 bits per heavy atom.